The first-order valence-corrected chi connectivity index (χ1v) is 12.1. The van der Waals surface area contributed by atoms with Crippen molar-refractivity contribution in [2.75, 3.05) is 9.44 Å². The lowest BCUT2D eigenvalue weighted by Gasteiger charge is -2.11. The van der Waals surface area contributed by atoms with Crippen molar-refractivity contribution >= 4 is 60.3 Å². The van der Waals surface area contributed by atoms with E-state index in [-0.39, 0.29) is 31.9 Å². The Morgan fingerprint density at radius 2 is 1.26 bits per heavy atom. The second-order valence-corrected chi connectivity index (χ2v) is 10.3. The fraction of sp³-hybridized carbons (Fsp3) is 0. The molecule has 0 bridgehead atoms. The topological polar surface area (TPSA) is 135 Å². The Labute approximate surface area is 187 Å². The summed E-state index contributed by atoms with van der Waals surface area (Å²) in [5.41, 5.74) is -0.0161. The van der Waals surface area contributed by atoms with Gasteiger partial charge in [0.15, 0.2) is 0 Å². The summed E-state index contributed by atoms with van der Waals surface area (Å²) < 4.78 is 54.6. The molecule has 0 radical (unpaired) electrons. The molecule has 0 aliphatic heterocycles. The van der Waals surface area contributed by atoms with Crippen molar-refractivity contribution in [2.45, 2.75) is 9.79 Å². The van der Waals surface area contributed by atoms with Gasteiger partial charge in [0.2, 0.25) is 0 Å². The zero-order chi connectivity index (χ0) is 22.8. The monoisotopic (exact) mass is 501 g/mol. The van der Waals surface area contributed by atoms with Crippen LogP contribution in [-0.2, 0) is 20.0 Å². The molecule has 2 N–H and O–H groups in total. The van der Waals surface area contributed by atoms with Crippen molar-refractivity contribution in [1.82, 2.24) is 0 Å². The third-order valence-electron chi connectivity index (χ3n) is 3.95. The highest BCUT2D eigenvalue weighted by atomic mass is 35.5. The van der Waals surface area contributed by atoms with Crippen LogP contribution in [0.15, 0.2) is 76.5 Å². The summed E-state index contributed by atoms with van der Waals surface area (Å²) in [6.07, 6.45) is 0. The summed E-state index contributed by atoms with van der Waals surface area (Å²) in [6, 6.07) is 13.5. The van der Waals surface area contributed by atoms with E-state index in [0.29, 0.717) is 5.02 Å². The molecule has 0 heterocycles. The van der Waals surface area contributed by atoms with Crippen molar-refractivity contribution in [3.63, 3.8) is 0 Å². The molecule has 0 atom stereocenters. The number of nitro groups is 1. The van der Waals surface area contributed by atoms with Crippen LogP contribution in [-0.4, -0.2) is 21.8 Å². The minimum atomic E-state index is -4.03. The van der Waals surface area contributed by atoms with Crippen LogP contribution >= 0.6 is 23.2 Å². The minimum Gasteiger partial charge on any atom is -0.280 e. The number of halogens is 2. The molecule has 0 unspecified atom stereocenters. The summed E-state index contributed by atoms with van der Waals surface area (Å²) in [4.78, 5) is 9.73. The van der Waals surface area contributed by atoms with Gasteiger partial charge in [-0.15, -0.1) is 0 Å². The quantitative estimate of drug-likeness (QED) is 0.361. The van der Waals surface area contributed by atoms with Gasteiger partial charge in [-0.2, -0.15) is 0 Å². The fourth-order valence-corrected chi connectivity index (χ4v) is 5.09. The van der Waals surface area contributed by atoms with Gasteiger partial charge < -0.3 is 0 Å². The molecule has 0 amide bonds. The second-order valence-electron chi connectivity index (χ2n) is 6.11. The predicted molar refractivity (Wildman–Crippen MR) is 118 cm³/mol. The van der Waals surface area contributed by atoms with Gasteiger partial charge in [0.25, 0.3) is 25.7 Å². The lowest BCUT2D eigenvalue weighted by atomic mass is 10.3. The number of sulfonamides is 2. The average molecular weight is 502 g/mol. The number of hydrogen-bond donors (Lipinski definition) is 2. The van der Waals surface area contributed by atoms with Crippen LogP contribution in [0.4, 0.5) is 17.1 Å². The van der Waals surface area contributed by atoms with E-state index in [1.54, 1.807) is 0 Å². The third-order valence-corrected chi connectivity index (χ3v) is 7.28. The first-order valence-electron chi connectivity index (χ1n) is 8.33. The molecule has 0 saturated heterocycles. The van der Waals surface area contributed by atoms with E-state index in [9.17, 15) is 26.9 Å². The lowest BCUT2D eigenvalue weighted by Crippen LogP contribution is -2.15. The van der Waals surface area contributed by atoms with Crippen molar-refractivity contribution in [2.24, 2.45) is 0 Å². The number of nitrogens with one attached hydrogen (secondary N) is 2. The second kappa shape index (κ2) is 8.71. The van der Waals surface area contributed by atoms with Crippen LogP contribution in [0, 0.1) is 10.1 Å². The molecular weight excluding hydrogens is 489 g/mol. The van der Waals surface area contributed by atoms with Crippen LogP contribution in [0.5, 0.6) is 0 Å². The van der Waals surface area contributed by atoms with Gasteiger partial charge in [-0.05, 0) is 54.6 Å². The van der Waals surface area contributed by atoms with Crippen LogP contribution in [0.3, 0.4) is 0 Å². The van der Waals surface area contributed by atoms with Gasteiger partial charge in [0.1, 0.15) is 0 Å². The summed E-state index contributed by atoms with van der Waals surface area (Å²) in [5, 5.41) is 11.1. The van der Waals surface area contributed by atoms with E-state index < -0.39 is 25.0 Å². The van der Waals surface area contributed by atoms with Crippen molar-refractivity contribution in [3.05, 3.63) is 86.9 Å². The number of benzene rings is 3. The predicted octanol–water partition coefficient (Wildman–Crippen LogP) is 4.50. The van der Waals surface area contributed by atoms with E-state index in [2.05, 4.69) is 9.44 Å². The smallest absolute Gasteiger partial charge is 0.269 e. The number of nitro benzene ring substituents is 1. The summed E-state index contributed by atoms with van der Waals surface area (Å²) in [6.45, 7) is 0. The Balaban J connectivity index is 1.78. The molecule has 0 fully saturated rings. The van der Waals surface area contributed by atoms with Gasteiger partial charge in [-0.1, -0.05) is 23.2 Å². The van der Waals surface area contributed by atoms with Crippen LogP contribution in [0.25, 0.3) is 0 Å². The van der Waals surface area contributed by atoms with Gasteiger partial charge in [-0.25, -0.2) is 16.8 Å². The number of non-ortho nitro benzene ring substituents is 1. The first kappa shape index (κ1) is 22.8. The van der Waals surface area contributed by atoms with E-state index in [1.165, 1.54) is 42.5 Å². The molecule has 162 valence electrons. The molecule has 3 rings (SSSR count). The molecule has 9 nitrogen and oxygen atoms in total. The molecule has 3 aromatic carbocycles. The third kappa shape index (κ3) is 5.44. The van der Waals surface area contributed by atoms with E-state index in [0.717, 1.165) is 24.3 Å². The van der Waals surface area contributed by atoms with E-state index in [1.807, 2.05) is 0 Å². The highest BCUT2D eigenvalue weighted by molar-refractivity contribution is 7.93. The number of rotatable bonds is 7. The van der Waals surface area contributed by atoms with Crippen molar-refractivity contribution in [1.29, 1.82) is 0 Å². The Morgan fingerprint density at radius 1 is 0.742 bits per heavy atom. The molecule has 0 saturated carbocycles. The van der Waals surface area contributed by atoms with E-state index >= 15 is 0 Å². The largest absolute Gasteiger partial charge is 0.280 e. The number of nitrogens with zero attached hydrogens (tertiary/aromatic N) is 1. The number of hydrogen-bond acceptors (Lipinski definition) is 6. The fourth-order valence-electron chi connectivity index (χ4n) is 2.44. The molecule has 0 spiro atoms. The van der Waals surface area contributed by atoms with Gasteiger partial charge in [0.05, 0.1) is 25.4 Å². The Kier molecular flexibility index (Phi) is 6.41. The molecule has 3 aromatic rings. The van der Waals surface area contributed by atoms with Crippen LogP contribution in [0.2, 0.25) is 10.0 Å². The SMILES string of the molecule is O=[N+]([O-])c1ccc(S(=O)(=O)Nc2ccc(S(=O)(=O)Nc3ccc(Cl)cc3Cl)cc2)cc1. The molecule has 0 aliphatic carbocycles. The molecule has 31 heavy (non-hydrogen) atoms. The van der Waals surface area contributed by atoms with Crippen molar-refractivity contribution < 1.29 is 21.8 Å². The Hall–Kier alpha value is -2.86. The maximum atomic E-state index is 12.5. The molecule has 13 heteroatoms. The minimum absolute atomic E-state index is 0.0989. The zero-order valence-electron chi connectivity index (χ0n) is 15.3. The van der Waals surface area contributed by atoms with Gasteiger partial charge >= 0.3 is 0 Å². The summed E-state index contributed by atoms with van der Waals surface area (Å²) in [7, 11) is -8.02. The normalized spacial score (nSPS) is 11.7. The highest BCUT2D eigenvalue weighted by Crippen LogP contribution is 2.28. The zero-order valence-corrected chi connectivity index (χ0v) is 18.5. The first-order chi connectivity index (χ1) is 14.5. The Bertz CT molecular complexity index is 1340. The van der Waals surface area contributed by atoms with Gasteiger partial charge in [-0.3, -0.25) is 19.6 Å². The molecule has 0 aromatic heterocycles. The average Bonchev–Trinajstić information content (AvgIpc) is 2.70. The summed E-state index contributed by atoms with van der Waals surface area (Å²) >= 11 is 11.8. The molecular formula is C18H13Cl2N3O6S2. The lowest BCUT2D eigenvalue weighted by molar-refractivity contribution is -0.384. The Morgan fingerprint density at radius 3 is 1.77 bits per heavy atom. The van der Waals surface area contributed by atoms with Crippen LogP contribution in [0.1, 0.15) is 0 Å². The van der Waals surface area contributed by atoms with Crippen LogP contribution < -0.4 is 9.44 Å². The maximum absolute atomic E-state index is 12.5. The highest BCUT2D eigenvalue weighted by Gasteiger charge is 2.18. The summed E-state index contributed by atoms with van der Waals surface area (Å²) in [5.74, 6) is 0. The van der Waals surface area contributed by atoms with Crippen molar-refractivity contribution in [3.8, 4) is 0 Å². The van der Waals surface area contributed by atoms with E-state index in [4.69, 9.17) is 23.2 Å². The number of anilines is 2. The maximum Gasteiger partial charge on any atom is 0.269 e. The molecule has 0 aliphatic rings. The van der Waals surface area contributed by atoms with Gasteiger partial charge in [0, 0.05) is 22.8 Å². The standard InChI is InChI=1S/C18H13Cl2N3O6S2/c19-12-1-10-18(17(20)11-12)22-31(28,29)15-6-2-13(3-7-15)21-30(26,27)16-8-4-14(5-9-16)23(24)25/h1-11,21-22H.